The minimum Gasteiger partial charge on any atom is -0.468 e. The third kappa shape index (κ3) is 2.94. The summed E-state index contributed by atoms with van der Waals surface area (Å²) in [6.45, 7) is 1.92. The first-order valence-electron chi connectivity index (χ1n) is 7.41. The van der Waals surface area contributed by atoms with Crippen LogP contribution in [-0.4, -0.2) is 45.2 Å². The molecule has 2 saturated carbocycles. The number of aromatic nitrogens is 3. The second-order valence-electron chi connectivity index (χ2n) is 6.03. The highest BCUT2D eigenvalue weighted by Crippen LogP contribution is 2.44. The lowest BCUT2D eigenvalue weighted by Crippen LogP contribution is -2.57. The maximum absolute atomic E-state index is 12.4. The molecule has 0 radical (unpaired) electrons. The van der Waals surface area contributed by atoms with Crippen molar-refractivity contribution in [2.24, 2.45) is 13.0 Å². The van der Waals surface area contributed by atoms with Crippen molar-refractivity contribution >= 4 is 17.7 Å². The van der Waals surface area contributed by atoms with Gasteiger partial charge in [0.15, 0.2) is 5.16 Å². The maximum Gasteiger partial charge on any atom is 0.327 e. The Morgan fingerprint density at radius 2 is 2.14 bits per heavy atom. The highest BCUT2D eigenvalue weighted by atomic mass is 32.2. The molecule has 0 saturated heterocycles. The second-order valence-corrected chi connectivity index (χ2v) is 6.98. The largest absolute Gasteiger partial charge is 0.468 e. The van der Waals surface area contributed by atoms with E-state index in [2.05, 4.69) is 15.5 Å². The average molecular weight is 310 g/mol. The van der Waals surface area contributed by atoms with Crippen LogP contribution in [0.1, 0.15) is 31.5 Å². The SMILES string of the molecule is COC(=O)C(CSc1nnc(C)n1C)(NC1CC1)C1CC1. The summed E-state index contributed by atoms with van der Waals surface area (Å²) >= 11 is 1.58. The standard InChI is InChI=1S/C14H22N4O2S/c1-9-16-17-13(18(9)2)21-8-14(10-4-5-10,12(19)20-3)15-11-6-7-11/h10-11,15H,4-8H2,1-3H3. The number of carbonyl (C=O) groups excluding carboxylic acids is 1. The van der Waals surface area contributed by atoms with Crippen molar-refractivity contribution in [1.29, 1.82) is 0 Å². The summed E-state index contributed by atoms with van der Waals surface area (Å²) < 4.78 is 7.07. The number of hydrogen-bond donors (Lipinski definition) is 1. The quantitative estimate of drug-likeness (QED) is 0.604. The van der Waals surface area contributed by atoms with Gasteiger partial charge in [-0.3, -0.25) is 10.1 Å². The summed E-state index contributed by atoms with van der Waals surface area (Å²) in [5.41, 5.74) is -0.569. The molecule has 0 aromatic carbocycles. The Morgan fingerprint density at radius 3 is 2.62 bits per heavy atom. The van der Waals surface area contributed by atoms with Crippen molar-refractivity contribution < 1.29 is 9.53 Å². The summed E-state index contributed by atoms with van der Waals surface area (Å²) in [5, 5.41) is 12.7. The number of hydrogen-bond acceptors (Lipinski definition) is 6. The van der Waals surface area contributed by atoms with E-state index in [1.807, 2.05) is 18.5 Å². The van der Waals surface area contributed by atoms with E-state index in [1.54, 1.807) is 11.8 Å². The van der Waals surface area contributed by atoms with E-state index in [0.29, 0.717) is 17.7 Å². The van der Waals surface area contributed by atoms with Gasteiger partial charge in [-0.25, -0.2) is 0 Å². The predicted molar refractivity (Wildman–Crippen MR) is 80.1 cm³/mol. The molecular weight excluding hydrogens is 288 g/mol. The first-order chi connectivity index (χ1) is 10.1. The molecule has 1 heterocycles. The number of rotatable bonds is 7. The zero-order valence-corrected chi connectivity index (χ0v) is 13.6. The summed E-state index contributed by atoms with van der Waals surface area (Å²) in [5.74, 6) is 1.77. The summed E-state index contributed by atoms with van der Waals surface area (Å²) in [4.78, 5) is 12.4. The molecule has 0 spiro atoms. The van der Waals surface area contributed by atoms with Crippen LogP contribution < -0.4 is 5.32 Å². The number of nitrogens with one attached hydrogen (secondary N) is 1. The normalized spacial score (nSPS) is 21.1. The van der Waals surface area contributed by atoms with Gasteiger partial charge < -0.3 is 9.30 Å². The molecule has 1 N–H and O–H groups in total. The molecule has 2 fully saturated rings. The first kappa shape index (κ1) is 14.8. The number of ether oxygens (including phenoxy) is 1. The summed E-state index contributed by atoms with van der Waals surface area (Å²) in [7, 11) is 3.42. The second kappa shape index (κ2) is 5.61. The number of carbonyl (C=O) groups is 1. The Balaban J connectivity index is 1.77. The number of esters is 1. The molecule has 7 heteroatoms. The Morgan fingerprint density at radius 1 is 1.43 bits per heavy atom. The monoisotopic (exact) mass is 310 g/mol. The zero-order valence-electron chi connectivity index (χ0n) is 12.8. The molecule has 1 aromatic heterocycles. The van der Waals surface area contributed by atoms with E-state index < -0.39 is 5.54 Å². The van der Waals surface area contributed by atoms with Gasteiger partial charge in [-0.2, -0.15) is 0 Å². The molecule has 6 nitrogen and oxygen atoms in total. The lowest BCUT2D eigenvalue weighted by Gasteiger charge is -2.32. The van der Waals surface area contributed by atoms with Crippen LogP contribution in [0.3, 0.4) is 0 Å². The number of aryl methyl sites for hydroxylation is 1. The molecule has 3 rings (SSSR count). The van der Waals surface area contributed by atoms with Crippen LogP contribution in [0.15, 0.2) is 5.16 Å². The maximum atomic E-state index is 12.4. The zero-order chi connectivity index (χ0) is 15.0. The van der Waals surface area contributed by atoms with E-state index in [9.17, 15) is 4.79 Å². The fourth-order valence-corrected chi connectivity index (χ4v) is 3.82. The van der Waals surface area contributed by atoms with Gasteiger partial charge in [0.25, 0.3) is 0 Å². The topological polar surface area (TPSA) is 69.0 Å². The van der Waals surface area contributed by atoms with Gasteiger partial charge in [0.05, 0.1) is 7.11 Å². The molecule has 21 heavy (non-hydrogen) atoms. The van der Waals surface area contributed by atoms with Crippen LogP contribution in [0.5, 0.6) is 0 Å². The molecule has 2 aliphatic carbocycles. The van der Waals surface area contributed by atoms with Gasteiger partial charge in [0, 0.05) is 18.8 Å². The average Bonchev–Trinajstić information content (AvgIpc) is 3.37. The van der Waals surface area contributed by atoms with Crippen molar-refractivity contribution in [2.75, 3.05) is 12.9 Å². The fourth-order valence-electron chi connectivity index (χ4n) is 2.60. The highest BCUT2D eigenvalue weighted by Gasteiger charge is 2.53. The Bertz CT molecular complexity index is 539. The van der Waals surface area contributed by atoms with Crippen LogP contribution in [0.4, 0.5) is 0 Å². The minimum absolute atomic E-state index is 0.136. The van der Waals surface area contributed by atoms with E-state index >= 15 is 0 Å². The predicted octanol–water partition coefficient (Wildman–Crippen LogP) is 1.29. The lowest BCUT2D eigenvalue weighted by molar-refractivity contribution is -0.148. The van der Waals surface area contributed by atoms with Gasteiger partial charge >= 0.3 is 5.97 Å². The minimum atomic E-state index is -0.569. The van der Waals surface area contributed by atoms with E-state index in [4.69, 9.17) is 4.74 Å². The lowest BCUT2D eigenvalue weighted by atomic mass is 9.95. The Hall–Kier alpha value is -1.08. The fraction of sp³-hybridized carbons (Fsp3) is 0.786. The van der Waals surface area contributed by atoms with Gasteiger partial charge in [-0.05, 0) is 38.5 Å². The summed E-state index contributed by atoms with van der Waals surface area (Å²) in [6.07, 6.45) is 4.48. The summed E-state index contributed by atoms with van der Waals surface area (Å²) in [6, 6.07) is 0.464. The van der Waals surface area contributed by atoms with Crippen molar-refractivity contribution in [1.82, 2.24) is 20.1 Å². The van der Waals surface area contributed by atoms with Crippen molar-refractivity contribution in [2.45, 2.75) is 49.3 Å². The van der Waals surface area contributed by atoms with E-state index in [0.717, 1.165) is 36.7 Å². The van der Waals surface area contributed by atoms with Gasteiger partial charge in [0.1, 0.15) is 11.4 Å². The van der Waals surface area contributed by atoms with Crippen molar-refractivity contribution in [3.05, 3.63) is 5.82 Å². The molecule has 1 atom stereocenters. The number of nitrogens with zero attached hydrogens (tertiary/aromatic N) is 3. The molecule has 2 aliphatic rings. The third-order valence-corrected chi connectivity index (χ3v) is 5.56. The number of methoxy groups -OCH3 is 1. The third-order valence-electron chi connectivity index (χ3n) is 4.34. The number of thioether (sulfide) groups is 1. The molecule has 1 unspecified atom stereocenters. The Kier molecular flexibility index (Phi) is 3.96. The van der Waals surface area contributed by atoms with Gasteiger partial charge in [-0.15, -0.1) is 10.2 Å². The molecular formula is C14H22N4O2S. The highest BCUT2D eigenvalue weighted by molar-refractivity contribution is 7.99. The van der Waals surface area contributed by atoms with Crippen molar-refractivity contribution in [3.63, 3.8) is 0 Å². The molecule has 116 valence electrons. The molecule has 0 aliphatic heterocycles. The van der Waals surface area contributed by atoms with Crippen LogP contribution in [0.2, 0.25) is 0 Å². The van der Waals surface area contributed by atoms with Crippen LogP contribution in [0, 0.1) is 12.8 Å². The molecule has 1 aromatic rings. The first-order valence-corrected chi connectivity index (χ1v) is 8.40. The Labute approximate surface area is 129 Å². The van der Waals surface area contributed by atoms with E-state index in [1.165, 1.54) is 7.11 Å². The van der Waals surface area contributed by atoms with Gasteiger partial charge in [0.2, 0.25) is 0 Å². The van der Waals surface area contributed by atoms with Crippen LogP contribution in [-0.2, 0) is 16.6 Å². The van der Waals surface area contributed by atoms with Gasteiger partial charge in [-0.1, -0.05) is 11.8 Å². The molecule has 0 bridgehead atoms. The van der Waals surface area contributed by atoms with E-state index in [-0.39, 0.29) is 5.97 Å². The van der Waals surface area contributed by atoms with Crippen molar-refractivity contribution in [3.8, 4) is 0 Å². The smallest absolute Gasteiger partial charge is 0.327 e. The van der Waals surface area contributed by atoms with Crippen LogP contribution >= 0.6 is 11.8 Å². The molecule has 0 amide bonds. The van der Waals surface area contributed by atoms with Crippen LogP contribution in [0.25, 0.3) is 0 Å².